The van der Waals surface area contributed by atoms with E-state index in [2.05, 4.69) is 0 Å². The Morgan fingerprint density at radius 1 is 1.50 bits per heavy atom. The molecule has 0 amide bonds. The lowest BCUT2D eigenvalue weighted by Gasteiger charge is -2.09. The molecule has 1 aromatic rings. The van der Waals surface area contributed by atoms with E-state index in [0.29, 0.717) is 24.9 Å². The highest BCUT2D eigenvalue weighted by molar-refractivity contribution is 5.45. The van der Waals surface area contributed by atoms with Crippen LogP contribution in [0, 0.1) is 16.0 Å². The lowest BCUT2D eigenvalue weighted by atomic mass is 10.1. The van der Waals surface area contributed by atoms with Crippen LogP contribution in [0.15, 0.2) is 24.3 Å². The van der Waals surface area contributed by atoms with E-state index >= 15 is 0 Å². The number of nitrogens with zero attached hydrogens (tertiary/aromatic N) is 1. The van der Waals surface area contributed by atoms with E-state index in [-0.39, 0.29) is 5.69 Å². The average molecular weight is 223 g/mol. The number of hydrogen-bond donors (Lipinski definition) is 0. The van der Waals surface area contributed by atoms with Crippen molar-refractivity contribution in [1.82, 2.24) is 0 Å². The van der Waals surface area contributed by atoms with Crippen LogP contribution < -0.4 is 4.74 Å². The molecule has 5 nitrogen and oxygen atoms in total. The minimum Gasteiger partial charge on any atom is -0.486 e. The zero-order valence-electron chi connectivity index (χ0n) is 8.80. The SMILES string of the molecule is O=[N+]([O-])c1ccccc1OC[C@@H]1CCOC1. The molecular formula is C11H13NO4. The fraction of sp³-hybridized carbons (Fsp3) is 0.455. The van der Waals surface area contributed by atoms with Crippen LogP contribution in [0.4, 0.5) is 5.69 Å². The van der Waals surface area contributed by atoms with E-state index in [0.717, 1.165) is 13.0 Å². The molecule has 0 saturated carbocycles. The monoisotopic (exact) mass is 223 g/mol. The Morgan fingerprint density at radius 3 is 3.00 bits per heavy atom. The van der Waals surface area contributed by atoms with Gasteiger partial charge in [0.2, 0.25) is 0 Å². The highest BCUT2D eigenvalue weighted by atomic mass is 16.6. The first-order valence-corrected chi connectivity index (χ1v) is 5.21. The van der Waals surface area contributed by atoms with Gasteiger partial charge in [-0.05, 0) is 12.5 Å². The lowest BCUT2D eigenvalue weighted by Crippen LogP contribution is -2.12. The molecule has 2 rings (SSSR count). The fourth-order valence-electron chi connectivity index (χ4n) is 1.65. The van der Waals surface area contributed by atoms with Crippen LogP contribution in [-0.4, -0.2) is 24.7 Å². The Bertz CT molecular complexity index is 374. The number of nitro groups is 1. The van der Waals surface area contributed by atoms with Crippen molar-refractivity contribution >= 4 is 5.69 Å². The standard InChI is InChI=1S/C11H13NO4/c13-12(14)10-3-1-2-4-11(10)16-8-9-5-6-15-7-9/h1-4,9H,5-8H2/t9-/m1/s1. The summed E-state index contributed by atoms with van der Waals surface area (Å²) in [4.78, 5) is 10.3. The van der Waals surface area contributed by atoms with Crippen molar-refractivity contribution in [3.8, 4) is 5.75 Å². The minimum absolute atomic E-state index is 0.0152. The van der Waals surface area contributed by atoms with E-state index in [1.165, 1.54) is 6.07 Å². The van der Waals surface area contributed by atoms with Gasteiger partial charge in [0.05, 0.1) is 18.1 Å². The molecule has 1 atom stereocenters. The maximum Gasteiger partial charge on any atom is 0.310 e. The van der Waals surface area contributed by atoms with Gasteiger partial charge in [0, 0.05) is 18.6 Å². The zero-order chi connectivity index (χ0) is 11.4. The van der Waals surface area contributed by atoms with Gasteiger partial charge in [-0.25, -0.2) is 0 Å². The number of hydrogen-bond acceptors (Lipinski definition) is 4. The molecule has 1 aromatic carbocycles. The first-order chi connectivity index (χ1) is 7.77. The molecule has 1 saturated heterocycles. The summed E-state index contributed by atoms with van der Waals surface area (Å²) in [6.07, 6.45) is 0.959. The molecule has 0 N–H and O–H groups in total. The van der Waals surface area contributed by atoms with Crippen LogP contribution in [-0.2, 0) is 4.74 Å². The van der Waals surface area contributed by atoms with E-state index < -0.39 is 4.92 Å². The molecule has 0 bridgehead atoms. The predicted octanol–water partition coefficient (Wildman–Crippen LogP) is 2.01. The summed E-state index contributed by atoms with van der Waals surface area (Å²) in [5.74, 6) is 0.680. The lowest BCUT2D eigenvalue weighted by molar-refractivity contribution is -0.385. The Labute approximate surface area is 93.1 Å². The van der Waals surface area contributed by atoms with Crippen LogP contribution in [0.5, 0.6) is 5.75 Å². The van der Waals surface area contributed by atoms with Gasteiger partial charge in [0.25, 0.3) is 0 Å². The minimum atomic E-state index is -0.430. The van der Waals surface area contributed by atoms with Gasteiger partial charge in [0.15, 0.2) is 5.75 Å². The topological polar surface area (TPSA) is 61.6 Å². The van der Waals surface area contributed by atoms with E-state index in [4.69, 9.17) is 9.47 Å². The molecule has 1 heterocycles. The molecule has 0 radical (unpaired) electrons. The molecule has 1 fully saturated rings. The highest BCUT2D eigenvalue weighted by Crippen LogP contribution is 2.26. The highest BCUT2D eigenvalue weighted by Gasteiger charge is 2.19. The smallest absolute Gasteiger partial charge is 0.310 e. The third-order valence-corrected chi connectivity index (χ3v) is 2.56. The maximum absolute atomic E-state index is 10.7. The predicted molar refractivity (Wildman–Crippen MR) is 57.5 cm³/mol. The number of para-hydroxylation sites is 2. The molecular weight excluding hydrogens is 210 g/mol. The molecule has 16 heavy (non-hydrogen) atoms. The Kier molecular flexibility index (Phi) is 3.36. The zero-order valence-corrected chi connectivity index (χ0v) is 8.80. The Balaban J connectivity index is 2.00. The molecule has 0 spiro atoms. The molecule has 5 heteroatoms. The summed E-state index contributed by atoms with van der Waals surface area (Å²) in [5, 5.41) is 10.7. The Hall–Kier alpha value is -1.62. The number of rotatable bonds is 4. The van der Waals surface area contributed by atoms with Gasteiger partial charge in [-0.2, -0.15) is 0 Å². The van der Waals surface area contributed by atoms with Crippen LogP contribution in [0.1, 0.15) is 6.42 Å². The van der Waals surface area contributed by atoms with Gasteiger partial charge in [-0.3, -0.25) is 10.1 Å². The summed E-state index contributed by atoms with van der Waals surface area (Å²) in [5.41, 5.74) is 0.0152. The first kappa shape index (κ1) is 10.9. The quantitative estimate of drug-likeness (QED) is 0.578. The van der Waals surface area contributed by atoms with Crippen molar-refractivity contribution in [3.63, 3.8) is 0 Å². The fourth-order valence-corrected chi connectivity index (χ4v) is 1.65. The third-order valence-electron chi connectivity index (χ3n) is 2.56. The molecule has 86 valence electrons. The Morgan fingerprint density at radius 2 is 2.31 bits per heavy atom. The van der Waals surface area contributed by atoms with Gasteiger partial charge in [-0.15, -0.1) is 0 Å². The average Bonchev–Trinajstić information content (AvgIpc) is 2.79. The van der Waals surface area contributed by atoms with Crippen molar-refractivity contribution in [3.05, 3.63) is 34.4 Å². The van der Waals surface area contributed by atoms with Gasteiger partial charge in [0.1, 0.15) is 0 Å². The number of nitro benzene ring substituents is 1. The van der Waals surface area contributed by atoms with E-state index in [9.17, 15) is 10.1 Å². The second-order valence-electron chi connectivity index (χ2n) is 3.77. The molecule has 0 aromatic heterocycles. The summed E-state index contributed by atoms with van der Waals surface area (Å²) in [6, 6.07) is 6.42. The van der Waals surface area contributed by atoms with E-state index in [1.54, 1.807) is 18.2 Å². The van der Waals surface area contributed by atoms with Gasteiger partial charge < -0.3 is 9.47 Å². The second-order valence-corrected chi connectivity index (χ2v) is 3.77. The van der Waals surface area contributed by atoms with Crippen molar-refractivity contribution in [1.29, 1.82) is 0 Å². The van der Waals surface area contributed by atoms with Crippen LogP contribution >= 0.6 is 0 Å². The summed E-state index contributed by atoms with van der Waals surface area (Å²) in [7, 11) is 0. The van der Waals surface area contributed by atoms with Gasteiger partial charge in [-0.1, -0.05) is 12.1 Å². The van der Waals surface area contributed by atoms with Crippen molar-refractivity contribution < 1.29 is 14.4 Å². The second kappa shape index (κ2) is 4.94. The van der Waals surface area contributed by atoms with Crippen LogP contribution in [0.2, 0.25) is 0 Å². The maximum atomic E-state index is 10.7. The van der Waals surface area contributed by atoms with E-state index in [1.807, 2.05) is 0 Å². The van der Waals surface area contributed by atoms with Crippen molar-refractivity contribution in [2.45, 2.75) is 6.42 Å². The molecule has 0 unspecified atom stereocenters. The summed E-state index contributed by atoms with van der Waals surface area (Å²) < 4.78 is 10.7. The van der Waals surface area contributed by atoms with Crippen molar-refractivity contribution in [2.75, 3.05) is 19.8 Å². The summed E-state index contributed by atoms with van der Waals surface area (Å²) >= 11 is 0. The van der Waals surface area contributed by atoms with Crippen LogP contribution in [0.3, 0.4) is 0 Å². The van der Waals surface area contributed by atoms with Crippen molar-refractivity contribution in [2.24, 2.45) is 5.92 Å². The number of benzene rings is 1. The van der Waals surface area contributed by atoms with Gasteiger partial charge >= 0.3 is 5.69 Å². The molecule has 1 aliphatic heterocycles. The normalized spacial score (nSPS) is 19.6. The summed E-state index contributed by atoms with van der Waals surface area (Å²) in [6.45, 7) is 1.91. The largest absolute Gasteiger partial charge is 0.486 e. The molecule has 0 aliphatic carbocycles. The first-order valence-electron chi connectivity index (χ1n) is 5.21. The molecule has 1 aliphatic rings. The third kappa shape index (κ3) is 2.49. The number of ether oxygens (including phenoxy) is 2. The van der Waals surface area contributed by atoms with Crippen LogP contribution in [0.25, 0.3) is 0 Å².